The van der Waals surface area contributed by atoms with Crippen molar-refractivity contribution in [3.63, 3.8) is 0 Å². The fourth-order valence-electron chi connectivity index (χ4n) is 3.37. The second-order valence-corrected chi connectivity index (χ2v) is 5.50. The molecule has 0 radical (unpaired) electrons. The number of para-hydroxylation sites is 1. The number of hydrogen-bond donors (Lipinski definition) is 0. The van der Waals surface area contributed by atoms with E-state index < -0.39 is 10.7 Å². The van der Waals surface area contributed by atoms with E-state index >= 15 is 0 Å². The Kier molecular flexibility index (Phi) is 3.56. The van der Waals surface area contributed by atoms with Crippen molar-refractivity contribution in [2.45, 2.75) is 25.3 Å². The molecule has 1 aromatic carbocycles. The summed E-state index contributed by atoms with van der Waals surface area (Å²) < 4.78 is 13.7. The van der Waals surface area contributed by atoms with Crippen molar-refractivity contribution in [3.8, 4) is 0 Å². The van der Waals surface area contributed by atoms with Gasteiger partial charge >= 0.3 is 5.69 Å². The molecule has 1 unspecified atom stereocenters. The molecule has 0 saturated carbocycles. The molecule has 6 heteroatoms. The van der Waals surface area contributed by atoms with E-state index in [1.807, 2.05) is 4.90 Å². The SMILES string of the molecule is O=[N+]([O-])c1c(F)cccc1N1CCCN2CCCC2C1. The molecule has 2 aliphatic rings. The third-order valence-electron chi connectivity index (χ3n) is 4.29. The fourth-order valence-corrected chi connectivity index (χ4v) is 3.37. The zero-order valence-electron chi connectivity index (χ0n) is 11.3. The van der Waals surface area contributed by atoms with Crippen LogP contribution in [0.25, 0.3) is 0 Å². The van der Waals surface area contributed by atoms with Crippen LogP contribution in [-0.2, 0) is 0 Å². The van der Waals surface area contributed by atoms with Crippen LogP contribution in [0.3, 0.4) is 0 Å². The molecule has 5 nitrogen and oxygen atoms in total. The molecule has 0 amide bonds. The number of nitro benzene ring substituents is 1. The smallest absolute Gasteiger partial charge is 0.327 e. The number of benzene rings is 1. The number of hydrogen-bond acceptors (Lipinski definition) is 4. The molecule has 0 bridgehead atoms. The van der Waals surface area contributed by atoms with Gasteiger partial charge < -0.3 is 4.90 Å². The van der Waals surface area contributed by atoms with Crippen LogP contribution in [0, 0.1) is 15.9 Å². The van der Waals surface area contributed by atoms with E-state index in [1.165, 1.54) is 6.42 Å². The summed E-state index contributed by atoms with van der Waals surface area (Å²) in [5.41, 5.74) is 0.0303. The molecule has 20 heavy (non-hydrogen) atoms. The van der Waals surface area contributed by atoms with Crippen molar-refractivity contribution in [2.24, 2.45) is 0 Å². The third kappa shape index (κ3) is 2.35. The first kappa shape index (κ1) is 13.3. The van der Waals surface area contributed by atoms with Crippen molar-refractivity contribution >= 4 is 11.4 Å². The molecule has 2 heterocycles. The first-order chi connectivity index (χ1) is 9.66. The van der Waals surface area contributed by atoms with Gasteiger partial charge in [0.25, 0.3) is 0 Å². The van der Waals surface area contributed by atoms with Gasteiger partial charge in [0.15, 0.2) is 0 Å². The van der Waals surface area contributed by atoms with E-state index in [4.69, 9.17) is 0 Å². The lowest BCUT2D eigenvalue weighted by atomic mass is 10.1. The summed E-state index contributed by atoms with van der Waals surface area (Å²) in [7, 11) is 0. The minimum absolute atomic E-state index is 0.390. The molecule has 2 aliphatic heterocycles. The maximum atomic E-state index is 13.7. The van der Waals surface area contributed by atoms with Gasteiger partial charge in [-0.05, 0) is 37.9 Å². The zero-order chi connectivity index (χ0) is 14.1. The van der Waals surface area contributed by atoms with Crippen molar-refractivity contribution < 1.29 is 9.31 Å². The van der Waals surface area contributed by atoms with E-state index in [0.717, 1.165) is 45.1 Å². The molecular formula is C14H18FN3O2. The van der Waals surface area contributed by atoms with Gasteiger partial charge in [0, 0.05) is 25.7 Å². The van der Waals surface area contributed by atoms with Crippen molar-refractivity contribution in [1.82, 2.24) is 4.90 Å². The average Bonchev–Trinajstić information content (AvgIpc) is 2.75. The number of halogens is 1. The number of fused-ring (bicyclic) bond motifs is 1. The third-order valence-corrected chi connectivity index (χ3v) is 4.29. The van der Waals surface area contributed by atoms with Crippen molar-refractivity contribution in [3.05, 3.63) is 34.1 Å². The highest BCUT2D eigenvalue weighted by Crippen LogP contribution is 2.33. The van der Waals surface area contributed by atoms with E-state index in [1.54, 1.807) is 12.1 Å². The minimum atomic E-state index is -0.750. The van der Waals surface area contributed by atoms with Crippen molar-refractivity contribution in [2.75, 3.05) is 31.1 Å². The average molecular weight is 279 g/mol. The van der Waals surface area contributed by atoms with Crippen LogP contribution >= 0.6 is 0 Å². The Bertz CT molecular complexity index is 523. The molecule has 2 saturated heterocycles. The van der Waals surface area contributed by atoms with Gasteiger partial charge in [-0.3, -0.25) is 15.0 Å². The van der Waals surface area contributed by atoms with Gasteiger partial charge in [0.1, 0.15) is 5.69 Å². The molecule has 0 aromatic heterocycles. The standard InChI is InChI=1S/C14H18FN3O2/c15-12-5-1-6-13(14(12)18(19)20)17-9-3-8-16-7-2-4-11(16)10-17/h1,5-6,11H,2-4,7-10H2. The number of nitro groups is 1. The van der Waals surface area contributed by atoms with Crippen LogP contribution in [0.2, 0.25) is 0 Å². The maximum absolute atomic E-state index is 13.7. The van der Waals surface area contributed by atoms with Crippen LogP contribution in [0.1, 0.15) is 19.3 Å². The monoisotopic (exact) mass is 279 g/mol. The van der Waals surface area contributed by atoms with Crippen LogP contribution in [-0.4, -0.2) is 42.0 Å². The zero-order valence-corrected chi connectivity index (χ0v) is 11.3. The Morgan fingerprint density at radius 1 is 1.25 bits per heavy atom. The summed E-state index contributed by atoms with van der Waals surface area (Å²) in [6, 6.07) is 4.81. The molecular weight excluding hydrogens is 261 g/mol. The van der Waals surface area contributed by atoms with Crippen LogP contribution in [0.4, 0.5) is 15.8 Å². The lowest BCUT2D eigenvalue weighted by molar-refractivity contribution is -0.386. The summed E-state index contributed by atoms with van der Waals surface area (Å²) >= 11 is 0. The quantitative estimate of drug-likeness (QED) is 0.616. The summed E-state index contributed by atoms with van der Waals surface area (Å²) in [4.78, 5) is 15.0. The van der Waals surface area contributed by atoms with E-state index in [0.29, 0.717) is 11.7 Å². The summed E-state index contributed by atoms with van der Waals surface area (Å²) in [5, 5.41) is 11.1. The van der Waals surface area contributed by atoms with Gasteiger partial charge in [0.05, 0.1) is 4.92 Å². The lowest BCUT2D eigenvalue weighted by Gasteiger charge is -2.27. The Hall–Kier alpha value is -1.69. The molecule has 3 rings (SSSR count). The van der Waals surface area contributed by atoms with Gasteiger partial charge in [0.2, 0.25) is 5.82 Å². The minimum Gasteiger partial charge on any atom is -0.364 e. The molecule has 0 N–H and O–H groups in total. The molecule has 2 fully saturated rings. The highest BCUT2D eigenvalue weighted by Gasteiger charge is 2.32. The van der Waals surface area contributed by atoms with E-state index in [9.17, 15) is 14.5 Å². The van der Waals surface area contributed by atoms with Crippen LogP contribution in [0.5, 0.6) is 0 Å². The number of rotatable bonds is 2. The topological polar surface area (TPSA) is 49.6 Å². The second-order valence-electron chi connectivity index (χ2n) is 5.50. The molecule has 0 spiro atoms. The number of nitrogens with zero attached hydrogens (tertiary/aromatic N) is 3. The Morgan fingerprint density at radius 2 is 2.05 bits per heavy atom. The lowest BCUT2D eigenvalue weighted by Crippen LogP contribution is -2.36. The van der Waals surface area contributed by atoms with E-state index in [2.05, 4.69) is 4.90 Å². The Labute approximate surface area is 117 Å². The highest BCUT2D eigenvalue weighted by molar-refractivity contribution is 5.64. The molecule has 0 aliphatic carbocycles. The van der Waals surface area contributed by atoms with Gasteiger partial charge in [-0.15, -0.1) is 0 Å². The first-order valence-electron chi connectivity index (χ1n) is 7.08. The van der Waals surface area contributed by atoms with Crippen LogP contribution in [0.15, 0.2) is 18.2 Å². The molecule has 108 valence electrons. The predicted octanol–water partition coefficient (Wildman–Crippen LogP) is 2.41. The Balaban J connectivity index is 1.92. The summed E-state index contributed by atoms with van der Waals surface area (Å²) in [5.74, 6) is -0.750. The fraction of sp³-hybridized carbons (Fsp3) is 0.571. The van der Waals surface area contributed by atoms with Crippen molar-refractivity contribution in [1.29, 1.82) is 0 Å². The summed E-state index contributed by atoms with van der Waals surface area (Å²) in [6.07, 6.45) is 3.27. The first-order valence-corrected chi connectivity index (χ1v) is 7.08. The van der Waals surface area contributed by atoms with Gasteiger partial charge in [-0.25, -0.2) is 0 Å². The maximum Gasteiger partial charge on any atom is 0.327 e. The normalized spacial score (nSPS) is 23.4. The highest BCUT2D eigenvalue weighted by atomic mass is 19.1. The van der Waals surface area contributed by atoms with Gasteiger partial charge in [-0.2, -0.15) is 4.39 Å². The van der Waals surface area contributed by atoms with Crippen LogP contribution < -0.4 is 4.90 Å². The second kappa shape index (κ2) is 5.36. The largest absolute Gasteiger partial charge is 0.364 e. The number of anilines is 1. The summed E-state index contributed by atoms with van der Waals surface area (Å²) in [6.45, 7) is 3.65. The Morgan fingerprint density at radius 3 is 2.85 bits per heavy atom. The predicted molar refractivity (Wildman–Crippen MR) is 74.5 cm³/mol. The van der Waals surface area contributed by atoms with Gasteiger partial charge in [-0.1, -0.05) is 6.07 Å². The molecule has 1 aromatic rings. The van der Waals surface area contributed by atoms with E-state index in [-0.39, 0.29) is 5.69 Å². The molecule has 1 atom stereocenters.